The number of nitrogens with two attached hydrogens (primary N) is 1. The minimum atomic E-state index is -3.81. The number of sulfonamides is 1. The second-order valence-electron chi connectivity index (χ2n) is 24.9. The van der Waals surface area contributed by atoms with Gasteiger partial charge in [0.15, 0.2) is 0 Å². The van der Waals surface area contributed by atoms with Crippen LogP contribution in [0.1, 0.15) is 53.8 Å². The first kappa shape index (κ1) is 68.6. The lowest BCUT2D eigenvalue weighted by Gasteiger charge is -2.33. The molecule has 0 bridgehead atoms. The third kappa shape index (κ3) is 16.7. The van der Waals surface area contributed by atoms with Gasteiger partial charge in [-0.2, -0.15) is 0 Å². The van der Waals surface area contributed by atoms with Gasteiger partial charge in [0, 0.05) is 164 Å². The van der Waals surface area contributed by atoms with E-state index >= 15 is 0 Å². The van der Waals surface area contributed by atoms with Crippen LogP contribution in [0.4, 0.5) is 40.6 Å². The Morgan fingerprint density at radius 1 is 0.440 bits per heavy atom. The van der Waals surface area contributed by atoms with Crippen LogP contribution in [0.3, 0.4) is 0 Å². The molecule has 0 aliphatic carbocycles. The first-order valence-corrected chi connectivity index (χ1v) is 36.6. The molecule has 9 heterocycles. The Morgan fingerprint density at radius 3 is 1.31 bits per heavy atom. The average Bonchev–Trinajstić information content (AvgIpc) is 1.60. The zero-order valence-corrected chi connectivity index (χ0v) is 59.3. The number of primary sulfonamides is 1. The Balaban J connectivity index is 0.000000134. The maximum absolute atomic E-state index is 11.6. The number of fused-ring (bicyclic) bond motifs is 9. The number of thiazole rings is 3. The van der Waals surface area contributed by atoms with Gasteiger partial charge in [-0.05, 0) is 110 Å². The van der Waals surface area contributed by atoms with Gasteiger partial charge in [-0.15, -0.1) is 34.0 Å². The van der Waals surface area contributed by atoms with Gasteiger partial charge in [0.1, 0.15) is 37.1 Å². The number of amides is 4. The number of piperazine rings is 3. The van der Waals surface area contributed by atoms with Crippen LogP contribution < -0.4 is 26.4 Å². The number of nitrogens with one attached hydrogen (secondary N) is 4. The Morgan fingerprint density at radius 2 is 0.850 bits per heavy atom. The molecule has 6 aromatic heterocycles. The Hall–Kier alpha value is -9.92. The molecule has 0 spiro atoms. The molecule has 0 radical (unpaired) electrons. The number of aryl methyl sites for hydroxylation is 2. The lowest BCUT2D eigenvalue weighted by molar-refractivity contribution is -0.131. The van der Waals surface area contributed by atoms with Crippen molar-refractivity contribution in [3.63, 3.8) is 0 Å². The Labute approximate surface area is 588 Å². The molecule has 6 aromatic carbocycles. The van der Waals surface area contributed by atoms with E-state index in [2.05, 4.69) is 94.0 Å². The van der Waals surface area contributed by atoms with Crippen LogP contribution in [0.5, 0.6) is 0 Å². The smallest absolute Gasteiger partial charge is 0.238 e. The van der Waals surface area contributed by atoms with Crippen molar-refractivity contribution in [1.82, 2.24) is 74.3 Å². The molecule has 3 saturated heterocycles. The van der Waals surface area contributed by atoms with Gasteiger partial charge >= 0.3 is 0 Å². The molecule has 3 aliphatic heterocycles. The second-order valence-corrected chi connectivity index (χ2v) is 29.8. The van der Waals surface area contributed by atoms with Gasteiger partial charge in [-0.1, -0.05) is 18.2 Å². The highest BCUT2D eigenvalue weighted by Gasteiger charge is 2.24. The lowest BCUT2D eigenvalue weighted by atomic mass is 10.1. The second kappa shape index (κ2) is 29.9. The van der Waals surface area contributed by atoms with E-state index < -0.39 is 10.0 Å². The summed E-state index contributed by atoms with van der Waals surface area (Å²) in [4.78, 5) is 101. The highest BCUT2D eigenvalue weighted by molar-refractivity contribution is 7.89. The summed E-state index contributed by atoms with van der Waals surface area (Å²) in [6.45, 7) is 22.5. The number of anilines is 7. The summed E-state index contributed by atoms with van der Waals surface area (Å²) >= 11 is 5.00. The van der Waals surface area contributed by atoms with Crippen LogP contribution >= 0.6 is 34.0 Å². The third-order valence-corrected chi connectivity index (χ3v) is 21.3. The van der Waals surface area contributed by atoms with E-state index in [1.165, 1.54) is 30.2 Å². The number of hydrogen-bond donors (Lipinski definition) is 5. The van der Waals surface area contributed by atoms with Crippen molar-refractivity contribution in [1.29, 1.82) is 0 Å². The minimum absolute atomic E-state index is 0.00830. The zero-order valence-electron chi connectivity index (χ0n) is 56.0. The molecule has 3 aliphatic rings. The predicted molar refractivity (Wildman–Crippen MR) is 395 cm³/mol. The quantitative estimate of drug-likeness (QED) is 0.0676. The molecule has 514 valence electrons. The van der Waals surface area contributed by atoms with Crippen LogP contribution in [0.25, 0.3) is 63.4 Å². The van der Waals surface area contributed by atoms with E-state index in [0.29, 0.717) is 29.2 Å². The Kier molecular flexibility index (Phi) is 20.5. The number of aromatic nitrogens is 9. The van der Waals surface area contributed by atoms with Crippen LogP contribution in [0.15, 0.2) is 127 Å². The summed E-state index contributed by atoms with van der Waals surface area (Å²) in [6.07, 6.45) is 5.38. The molecule has 3 fully saturated rings. The number of benzene rings is 6. The van der Waals surface area contributed by atoms with Crippen LogP contribution in [0, 0.1) is 13.8 Å². The SMILES string of the molecule is CC(=O)N1CCN(Cc2nc3c(ccc4cnc(Nc5cccc(S(N)(=O)=O)c5)nc43)s2)CC1.CC(=O)N1CCN(Cc2nc3ccc4cnc(Nc5cc(C)cc(C)c5)nc4c3s2)CC1.CC(=O)Nc1cccc(Nc2ncc3ccc4sc(CN5CCN(C(C)=O)CC5)nc4c3n2)c1. The van der Waals surface area contributed by atoms with E-state index in [0.717, 1.165) is 188 Å². The minimum Gasteiger partial charge on any atom is -0.340 e. The molecule has 0 unspecified atom stereocenters. The van der Waals surface area contributed by atoms with E-state index in [4.69, 9.17) is 30.1 Å². The summed E-state index contributed by atoms with van der Waals surface area (Å²) in [6, 6.07) is 32.1. The molecule has 30 heteroatoms. The van der Waals surface area contributed by atoms with E-state index in [-0.39, 0.29) is 28.5 Å². The van der Waals surface area contributed by atoms with Crippen molar-refractivity contribution in [3.8, 4) is 0 Å². The van der Waals surface area contributed by atoms with Crippen molar-refractivity contribution in [2.75, 3.05) is 99.8 Å². The summed E-state index contributed by atoms with van der Waals surface area (Å²) in [5.74, 6) is 1.67. The topological polar surface area (TPSA) is 312 Å². The summed E-state index contributed by atoms with van der Waals surface area (Å²) in [5.41, 5.74) is 10.5. The molecule has 26 nitrogen and oxygen atoms in total. The number of hydrogen-bond acceptors (Lipinski definition) is 24. The normalized spacial score (nSPS) is 14.8. The molecule has 0 atom stereocenters. The number of rotatable bonds is 14. The van der Waals surface area contributed by atoms with E-state index in [1.807, 2.05) is 75.5 Å². The fourth-order valence-electron chi connectivity index (χ4n) is 12.3. The molecule has 0 saturated carbocycles. The summed E-state index contributed by atoms with van der Waals surface area (Å²) in [5, 5.41) is 23.5. The summed E-state index contributed by atoms with van der Waals surface area (Å²) < 4.78 is 26.5. The molecule has 100 heavy (non-hydrogen) atoms. The monoisotopic (exact) mass is 1420 g/mol. The van der Waals surface area contributed by atoms with Gasteiger partial charge < -0.3 is 36.0 Å². The first-order chi connectivity index (χ1) is 48.1. The van der Waals surface area contributed by atoms with Gasteiger partial charge in [-0.3, -0.25) is 33.9 Å². The fourth-order valence-corrected chi connectivity index (χ4v) is 16.0. The maximum atomic E-state index is 11.6. The third-order valence-electron chi connectivity index (χ3n) is 17.3. The predicted octanol–water partition coefficient (Wildman–Crippen LogP) is 10.2. The number of nitrogens with zero attached hydrogens (tertiary/aromatic N) is 15. The van der Waals surface area contributed by atoms with Gasteiger partial charge in [0.2, 0.25) is 51.5 Å². The molecule has 6 N–H and O–H groups in total. The maximum Gasteiger partial charge on any atom is 0.238 e. The standard InChI is InChI=1S/C24H25N7O2S.C24H26N6OS.C22H23N7O3S2/c1-15(32)26-18-4-3-5-19(12-18)27-24-25-13-17-6-7-20-23(22(17)29-24)28-21(34-20)14-30-8-10-31(11-9-30)16(2)33;1-15-10-16(2)12-19(11-15)26-24-25-13-18-4-5-20-23(22(18)28-24)32-21(27-20)14-29-6-8-30(9-7-29)17(3)31;1-14(30)29-9-7-28(8-10-29)13-19-26-21-18(33-19)6-5-15-12-24-22(27-20(15)21)25-16-3-2-4-17(11-16)34(23,31)32/h3-7,12-13H,8-11,14H2,1-2H3,(H,26,32)(H,25,27,29);4-5,10-13H,6-9,14H2,1-3H3,(H,25,26,28);2-6,11-12H,7-10,13H2,1H3,(H2,23,31,32)(H,24,25,27). The fraction of sp³-hybridized carbons (Fsp3) is 0.300. The molecular weight excluding hydrogens is 1350 g/mol. The zero-order chi connectivity index (χ0) is 69.8. The summed E-state index contributed by atoms with van der Waals surface area (Å²) in [7, 11) is -3.81. The Bertz CT molecular complexity index is 5180. The van der Waals surface area contributed by atoms with Crippen molar-refractivity contribution < 1.29 is 27.6 Å². The highest BCUT2D eigenvalue weighted by atomic mass is 32.2. The average molecular weight is 1420 g/mol. The van der Waals surface area contributed by atoms with Crippen molar-refractivity contribution in [2.45, 2.75) is 66.1 Å². The molecular formula is C70H74N20O6S4. The largest absolute Gasteiger partial charge is 0.340 e. The molecule has 4 amide bonds. The highest BCUT2D eigenvalue weighted by Crippen LogP contribution is 2.34. The van der Waals surface area contributed by atoms with Gasteiger partial charge in [0.05, 0.1) is 49.7 Å². The molecule has 15 rings (SSSR count). The number of carbonyl (C=O) groups is 4. The van der Waals surface area contributed by atoms with E-state index in [1.54, 1.807) is 79.3 Å². The van der Waals surface area contributed by atoms with Crippen LogP contribution in [-0.2, 0) is 48.8 Å². The van der Waals surface area contributed by atoms with E-state index in [9.17, 15) is 27.6 Å². The van der Waals surface area contributed by atoms with Crippen molar-refractivity contribution >= 4 is 172 Å². The molecule has 12 aromatic rings. The first-order valence-electron chi connectivity index (χ1n) is 32.6. The van der Waals surface area contributed by atoms with Crippen LogP contribution in [-0.4, -0.2) is 185 Å². The van der Waals surface area contributed by atoms with Crippen molar-refractivity contribution in [3.05, 3.63) is 148 Å². The number of carbonyl (C=O) groups excluding carboxylic acids is 4. The van der Waals surface area contributed by atoms with Gasteiger partial charge in [0.25, 0.3) is 0 Å². The van der Waals surface area contributed by atoms with Crippen molar-refractivity contribution in [2.24, 2.45) is 5.14 Å². The van der Waals surface area contributed by atoms with Crippen LogP contribution in [0.2, 0.25) is 0 Å². The lowest BCUT2D eigenvalue weighted by Crippen LogP contribution is -2.47. The van der Waals surface area contributed by atoms with Gasteiger partial charge in [-0.25, -0.2) is 58.4 Å².